The van der Waals surface area contributed by atoms with E-state index in [4.69, 9.17) is 9.15 Å². The van der Waals surface area contributed by atoms with E-state index in [1.54, 1.807) is 6.07 Å². The molecule has 0 aliphatic rings. The number of esters is 1. The maximum absolute atomic E-state index is 12.2. The van der Waals surface area contributed by atoms with Crippen LogP contribution in [0.25, 0.3) is 11.0 Å². The van der Waals surface area contributed by atoms with Gasteiger partial charge in [-0.25, -0.2) is 9.59 Å². The molecule has 0 unspecified atom stereocenters. The summed E-state index contributed by atoms with van der Waals surface area (Å²) in [6.07, 6.45) is 0. The fourth-order valence-corrected chi connectivity index (χ4v) is 2.64. The van der Waals surface area contributed by atoms with E-state index < -0.39 is 18.2 Å². The van der Waals surface area contributed by atoms with Crippen molar-refractivity contribution in [3.63, 3.8) is 0 Å². The van der Waals surface area contributed by atoms with Gasteiger partial charge in [-0.2, -0.15) is 8.78 Å². The van der Waals surface area contributed by atoms with E-state index in [9.17, 15) is 18.4 Å². The summed E-state index contributed by atoms with van der Waals surface area (Å²) < 4.78 is 39.1. The van der Waals surface area contributed by atoms with Gasteiger partial charge in [0.2, 0.25) is 0 Å². The van der Waals surface area contributed by atoms with Crippen molar-refractivity contribution < 1.29 is 27.5 Å². The summed E-state index contributed by atoms with van der Waals surface area (Å²) in [6, 6.07) is 10.1. The minimum Gasteiger partial charge on any atom is -0.457 e. The van der Waals surface area contributed by atoms with Gasteiger partial charge in [-0.15, -0.1) is 0 Å². The minimum absolute atomic E-state index is 0.0564. The molecule has 0 atom stereocenters. The second-order valence-corrected chi connectivity index (χ2v) is 5.95. The topological polar surface area (TPSA) is 65.7 Å². The van der Waals surface area contributed by atoms with Crippen LogP contribution in [0.15, 0.2) is 51.7 Å². The van der Waals surface area contributed by atoms with E-state index in [0.29, 0.717) is 16.5 Å². The fraction of sp³-hybridized carbons (Fsp3) is 0.200. The Kier molecular flexibility index (Phi) is 5.21. The van der Waals surface area contributed by atoms with E-state index in [1.165, 1.54) is 30.3 Å². The molecule has 0 amide bonds. The lowest BCUT2D eigenvalue weighted by molar-refractivity contribution is -0.0498. The molecule has 3 aromatic rings. The molecular formula is C20H16F2O5. The van der Waals surface area contributed by atoms with E-state index in [1.807, 2.05) is 19.9 Å². The molecule has 0 aliphatic carbocycles. The number of alkyl halides is 2. The van der Waals surface area contributed by atoms with E-state index in [-0.39, 0.29) is 17.9 Å². The first-order valence-electron chi connectivity index (χ1n) is 8.10. The maximum atomic E-state index is 12.2. The zero-order valence-electron chi connectivity index (χ0n) is 14.6. The Labute approximate surface area is 153 Å². The quantitative estimate of drug-likeness (QED) is 0.490. The van der Waals surface area contributed by atoms with Crippen molar-refractivity contribution >= 4 is 16.9 Å². The molecule has 0 radical (unpaired) electrons. The summed E-state index contributed by atoms with van der Waals surface area (Å²) in [5, 5.41) is 0.686. The SMILES string of the molecule is Cc1ccc2c(COC(=O)c3ccc(OC(F)F)cc3)cc(=O)oc2c1C. The number of halogens is 2. The zero-order chi connectivity index (χ0) is 19.6. The molecule has 7 heteroatoms. The zero-order valence-corrected chi connectivity index (χ0v) is 14.6. The van der Waals surface area contributed by atoms with Gasteiger partial charge >= 0.3 is 18.2 Å². The van der Waals surface area contributed by atoms with E-state index >= 15 is 0 Å². The summed E-state index contributed by atoms with van der Waals surface area (Å²) in [7, 11) is 0. The third-order valence-electron chi connectivity index (χ3n) is 4.19. The Morgan fingerprint density at radius 1 is 1.11 bits per heavy atom. The van der Waals surface area contributed by atoms with Crippen molar-refractivity contribution in [2.75, 3.05) is 0 Å². The number of hydrogen-bond donors (Lipinski definition) is 0. The second-order valence-electron chi connectivity index (χ2n) is 5.95. The monoisotopic (exact) mass is 374 g/mol. The Morgan fingerprint density at radius 2 is 1.81 bits per heavy atom. The van der Waals surface area contributed by atoms with Crippen LogP contribution in [0, 0.1) is 13.8 Å². The molecule has 0 aliphatic heterocycles. The first-order chi connectivity index (χ1) is 12.8. The van der Waals surface area contributed by atoms with Crippen LogP contribution in [0.3, 0.4) is 0 Å². The number of aryl methyl sites for hydroxylation is 2. The summed E-state index contributed by atoms with van der Waals surface area (Å²) in [5.74, 6) is -0.706. The number of fused-ring (bicyclic) bond motifs is 1. The largest absolute Gasteiger partial charge is 0.457 e. The van der Waals surface area contributed by atoms with Crippen molar-refractivity contribution in [2.45, 2.75) is 27.1 Å². The number of benzene rings is 2. The molecule has 0 spiro atoms. The predicted octanol–water partition coefficient (Wildman–Crippen LogP) is 4.37. The molecule has 0 bridgehead atoms. The lowest BCUT2D eigenvalue weighted by Crippen LogP contribution is -2.08. The van der Waals surface area contributed by atoms with Gasteiger partial charge in [0.15, 0.2) is 0 Å². The van der Waals surface area contributed by atoms with Crippen molar-refractivity contribution in [2.24, 2.45) is 0 Å². The van der Waals surface area contributed by atoms with Crippen LogP contribution in [0.4, 0.5) is 8.78 Å². The Morgan fingerprint density at radius 3 is 2.48 bits per heavy atom. The van der Waals surface area contributed by atoms with Crippen LogP contribution >= 0.6 is 0 Å². The molecular weight excluding hydrogens is 358 g/mol. The number of rotatable bonds is 5. The van der Waals surface area contributed by atoms with E-state index in [0.717, 1.165) is 11.1 Å². The molecule has 3 rings (SSSR count). The Balaban J connectivity index is 1.79. The average Bonchev–Trinajstić information content (AvgIpc) is 2.63. The Bertz CT molecular complexity index is 1040. The summed E-state index contributed by atoms with van der Waals surface area (Å²) in [6.45, 7) is 0.689. The third-order valence-corrected chi connectivity index (χ3v) is 4.19. The molecule has 140 valence electrons. The molecule has 5 nitrogen and oxygen atoms in total. The summed E-state index contributed by atoms with van der Waals surface area (Å²) in [5.41, 5.74) is 2.45. The van der Waals surface area contributed by atoms with Gasteiger partial charge in [0.1, 0.15) is 17.9 Å². The van der Waals surface area contributed by atoms with E-state index in [2.05, 4.69) is 4.74 Å². The van der Waals surface area contributed by atoms with Gasteiger partial charge in [-0.3, -0.25) is 0 Å². The van der Waals surface area contributed by atoms with Gasteiger partial charge in [0, 0.05) is 17.0 Å². The van der Waals surface area contributed by atoms with Crippen LogP contribution in [0.1, 0.15) is 27.0 Å². The lowest BCUT2D eigenvalue weighted by atomic mass is 10.0. The van der Waals surface area contributed by atoms with Gasteiger partial charge in [0.05, 0.1) is 5.56 Å². The first kappa shape index (κ1) is 18.6. The van der Waals surface area contributed by atoms with Gasteiger partial charge in [0.25, 0.3) is 0 Å². The number of carbonyl (C=O) groups excluding carboxylic acids is 1. The van der Waals surface area contributed by atoms with Crippen LogP contribution in [-0.2, 0) is 11.3 Å². The van der Waals surface area contributed by atoms with Crippen LogP contribution < -0.4 is 10.4 Å². The average molecular weight is 374 g/mol. The molecule has 1 aromatic heterocycles. The smallest absolute Gasteiger partial charge is 0.387 e. The highest BCUT2D eigenvalue weighted by Crippen LogP contribution is 2.24. The fourth-order valence-electron chi connectivity index (χ4n) is 2.64. The number of carbonyl (C=O) groups is 1. The summed E-state index contributed by atoms with van der Waals surface area (Å²) >= 11 is 0. The summed E-state index contributed by atoms with van der Waals surface area (Å²) in [4.78, 5) is 24.0. The maximum Gasteiger partial charge on any atom is 0.387 e. The molecule has 1 heterocycles. The molecule has 0 saturated carbocycles. The first-order valence-corrected chi connectivity index (χ1v) is 8.10. The highest BCUT2D eigenvalue weighted by Gasteiger charge is 2.13. The van der Waals surface area contributed by atoms with Crippen molar-refractivity contribution in [1.29, 1.82) is 0 Å². The minimum atomic E-state index is -2.94. The van der Waals surface area contributed by atoms with Crippen molar-refractivity contribution in [3.8, 4) is 5.75 Å². The van der Waals surface area contributed by atoms with Crippen LogP contribution in [0.2, 0.25) is 0 Å². The van der Waals surface area contributed by atoms with Crippen LogP contribution in [0.5, 0.6) is 5.75 Å². The predicted molar refractivity (Wildman–Crippen MR) is 94.2 cm³/mol. The standard InChI is InChI=1S/C20H16F2O5/c1-11-3-8-16-14(9-17(23)27-18(16)12(11)2)10-25-19(24)13-4-6-15(7-5-13)26-20(21)22/h3-9,20H,10H2,1-2H3. The van der Waals surface area contributed by atoms with Gasteiger partial charge in [-0.1, -0.05) is 12.1 Å². The Hall–Kier alpha value is -3.22. The second kappa shape index (κ2) is 7.57. The molecule has 0 N–H and O–H groups in total. The molecule has 27 heavy (non-hydrogen) atoms. The normalized spacial score (nSPS) is 11.0. The molecule has 2 aromatic carbocycles. The van der Waals surface area contributed by atoms with Crippen LogP contribution in [-0.4, -0.2) is 12.6 Å². The van der Waals surface area contributed by atoms with Gasteiger partial charge < -0.3 is 13.9 Å². The lowest BCUT2D eigenvalue weighted by Gasteiger charge is -2.10. The number of hydrogen-bond acceptors (Lipinski definition) is 5. The number of ether oxygens (including phenoxy) is 2. The highest BCUT2D eigenvalue weighted by atomic mass is 19.3. The van der Waals surface area contributed by atoms with Gasteiger partial charge in [-0.05, 0) is 49.2 Å². The highest BCUT2D eigenvalue weighted by molar-refractivity contribution is 5.90. The third kappa shape index (κ3) is 4.13. The van der Waals surface area contributed by atoms with Crippen molar-refractivity contribution in [3.05, 3.63) is 75.1 Å². The molecule has 0 saturated heterocycles. The van der Waals surface area contributed by atoms with Crippen molar-refractivity contribution in [1.82, 2.24) is 0 Å². The molecule has 0 fully saturated rings.